The minimum Gasteiger partial charge on any atom is -0.354 e. The fourth-order valence-electron chi connectivity index (χ4n) is 4.01. The molecule has 0 saturated carbocycles. The number of benzene rings is 3. The van der Waals surface area contributed by atoms with Crippen molar-refractivity contribution in [1.29, 1.82) is 0 Å². The third-order valence-corrected chi connectivity index (χ3v) is 8.06. The predicted octanol–water partition coefficient (Wildman–Crippen LogP) is 4.03. The van der Waals surface area contributed by atoms with Gasteiger partial charge in [-0.3, -0.25) is 9.59 Å². The first-order valence-electron chi connectivity index (χ1n) is 12.8. The Hall–Kier alpha value is -3.49. The van der Waals surface area contributed by atoms with Crippen molar-refractivity contribution in [2.45, 2.75) is 44.7 Å². The van der Waals surface area contributed by atoms with Gasteiger partial charge in [0, 0.05) is 26.6 Å². The maximum absolute atomic E-state index is 13.8. The van der Waals surface area contributed by atoms with Gasteiger partial charge in [-0.2, -0.15) is 4.31 Å². The van der Waals surface area contributed by atoms with Crippen molar-refractivity contribution in [3.05, 3.63) is 102 Å². The summed E-state index contributed by atoms with van der Waals surface area (Å²) in [6, 6.07) is 24.6. The van der Waals surface area contributed by atoms with Crippen LogP contribution in [0.5, 0.6) is 0 Å². The van der Waals surface area contributed by atoms with Gasteiger partial charge in [0.2, 0.25) is 21.8 Å². The maximum atomic E-state index is 13.8. The monoisotopic (exact) mass is 535 g/mol. The van der Waals surface area contributed by atoms with E-state index in [9.17, 15) is 18.0 Å². The van der Waals surface area contributed by atoms with E-state index in [0.29, 0.717) is 13.0 Å². The van der Waals surface area contributed by atoms with Crippen molar-refractivity contribution in [3.8, 4) is 0 Å². The van der Waals surface area contributed by atoms with Crippen LogP contribution in [0, 0.1) is 12.8 Å². The first-order valence-corrected chi connectivity index (χ1v) is 14.2. The number of nitrogens with one attached hydrogen (secondary N) is 1. The Labute approximate surface area is 226 Å². The molecule has 0 spiro atoms. The number of carbonyl (C=O) groups excluding carboxylic acids is 2. The Kier molecular flexibility index (Phi) is 10.2. The minimum atomic E-state index is -3.90. The van der Waals surface area contributed by atoms with E-state index in [1.165, 1.54) is 24.1 Å². The molecule has 0 radical (unpaired) electrons. The van der Waals surface area contributed by atoms with Crippen molar-refractivity contribution in [1.82, 2.24) is 14.5 Å². The zero-order valence-corrected chi connectivity index (χ0v) is 23.3. The van der Waals surface area contributed by atoms with Crippen molar-refractivity contribution < 1.29 is 18.0 Å². The summed E-state index contributed by atoms with van der Waals surface area (Å²) in [6.07, 6.45) is 0.303. The van der Waals surface area contributed by atoms with Crippen molar-refractivity contribution in [2.75, 3.05) is 20.1 Å². The highest BCUT2D eigenvalue weighted by molar-refractivity contribution is 7.89. The van der Waals surface area contributed by atoms with Gasteiger partial charge in [0.25, 0.3) is 0 Å². The Morgan fingerprint density at radius 2 is 1.39 bits per heavy atom. The standard InChI is InChI=1S/C30H37N3O4S/c1-23(2)20-31-30(35)28(19-25-11-7-5-8-12-25)33(21-26-13-9-6-10-14-26)29(34)22-32(4)38(36,37)27-17-15-24(3)16-18-27/h5-18,23,28H,19-22H2,1-4H3,(H,31,35)/t28-/m1/s1. The largest absolute Gasteiger partial charge is 0.354 e. The van der Waals surface area contributed by atoms with Gasteiger partial charge in [-0.05, 0) is 36.1 Å². The molecular weight excluding hydrogens is 498 g/mol. The van der Waals surface area contributed by atoms with Crippen LogP contribution in [0.25, 0.3) is 0 Å². The van der Waals surface area contributed by atoms with Gasteiger partial charge in [0.1, 0.15) is 6.04 Å². The average molecular weight is 536 g/mol. The molecule has 0 saturated heterocycles. The van der Waals surface area contributed by atoms with Gasteiger partial charge in [0.15, 0.2) is 0 Å². The molecule has 1 atom stereocenters. The van der Waals surface area contributed by atoms with Crippen LogP contribution in [-0.4, -0.2) is 55.6 Å². The molecule has 3 aromatic rings. The number of hydrogen-bond donors (Lipinski definition) is 1. The summed E-state index contributed by atoms with van der Waals surface area (Å²) in [5.41, 5.74) is 2.69. The van der Waals surface area contributed by atoms with Crippen LogP contribution in [0.1, 0.15) is 30.5 Å². The van der Waals surface area contributed by atoms with E-state index in [4.69, 9.17) is 0 Å². The number of aryl methyl sites for hydroxylation is 1. The van der Waals surface area contributed by atoms with Gasteiger partial charge in [-0.25, -0.2) is 8.42 Å². The van der Waals surface area contributed by atoms with E-state index in [0.717, 1.165) is 21.0 Å². The van der Waals surface area contributed by atoms with E-state index >= 15 is 0 Å². The van der Waals surface area contributed by atoms with E-state index < -0.39 is 28.5 Å². The van der Waals surface area contributed by atoms with Crippen LogP contribution >= 0.6 is 0 Å². The fourth-order valence-corrected chi connectivity index (χ4v) is 5.13. The van der Waals surface area contributed by atoms with Gasteiger partial charge in [-0.15, -0.1) is 0 Å². The summed E-state index contributed by atoms with van der Waals surface area (Å²) in [6.45, 7) is 6.13. The number of sulfonamides is 1. The molecule has 3 rings (SSSR count). The van der Waals surface area contributed by atoms with Gasteiger partial charge < -0.3 is 10.2 Å². The first-order chi connectivity index (χ1) is 18.1. The first kappa shape index (κ1) is 29.1. The predicted molar refractivity (Wildman–Crippen MR) is 150 cm³/mol. The Balaban J connectivity index is 1.94. The lowest BCUT2D eigenvalue weighted by Gasteiger charge is -2.33. The van der Waals surface area contributed by atoms with Gasteiger partial charge in [-0.1, -0.05) is 92.2 Å². The third kappa shape index (κ3) is 8.00. The molecule has 7 nitrogen and oxygen atoms in total. The van der Waals surface area contributed by atoms with Crippen LogP contribution in [-0.2, 0) is 32.6 Å². The van der Waals surface area contributed by atoms with E-state index in [1.54, 1.807) is 12.1 Å². The van der Waals surface area contributed by atoms with Crippen LogP contribution < -0.4 is 5.32 Å². The highest BCUT2D eigenvalue weighted by atomic mass is 32.2. The number of hydrogen-bond acceptors (Lipinski definition) is 4. The van der Waals surface area contributed by atoms with E-state index in [1.807, 2.05) is 81.4 Å². The Morgan fingerprint density at radius 1 is 0.842 bits per heavy atom. The fraction of sp³-hybridized carbons (Fsp3) is 0.333. The lowest BCUT2D eigenvalue weighted by molar-refractivity contribution is -0.141. The highest BCUT2D eigenvalue weighted by Crippen LogP contribution is 2.18. The summed E-state index contributed by atoms with van der Waals surface area (Å²) in [4.78, 5) is 28.9. The van der Waals surface area contributed by atoms with Crippen LogP contribution in [0.3, 0.4) is 0 Å². The quantitative estimate of drug-likeness (QED) is 0.379. The van der Waals surface area contributed by atoms with Crippen molar-refractivity contribution in [3.63, 3.8) is 0 Å². The van der Waals surface area contributed by atoms with Crippen LogP contribution in [0.2, 0.25) is 0 Å². The number of amides is 2. The van der Waals surface area contributed by atoms with Gasteiger partial charge >= 0.3 is 0 Å². The molecular formula is C30H37N3O4S. The smallest absolute Gasteiger partial charge is 0.243 e. The summed E-state index contributed by atoms with van der Waals surface area (Å²) < 4.78 is 27.5. The van der Waals surface area contributed by atoms with Crippen LogP contribution in [0.15, 0.2) is 89.8 Å². The van der Waals surface area contributed by atoms with E-state index in [-0.39, 0.29) is 23.3 Å². The second-order valence-corrected chi connectivity index (χ2v) is 12.0. The molecule has 3 aromatic carbocycles. The molecule has 0 fully saturated rings. The second kappa shape index (κ2) is 13.3. The molecule has 8 heteroatoms. The number of likely N-dealkylation sites (N-methyl/N-ethyl adjacent to an activating group) is 1. The van der Waals surface area contributed by atoms with Crippen molar-refractivity contribution in [2.24, 2.45) is 5.92 Å². The summed E-state index contributed by atoms with van der Waals surface area (Å²) in [5.74, 6) is -0.482. The molecule has 202 valence electrons. The van der Waals surface area contributed by atoms with Crippen molar-refractivity contribution >= 4 is 21.8 Å². The molecule has 38 heavy (non-hydrogen) atoms. The summed E-state index contributed by atoms with van der Waals surface area (Å²) in [5, 5.41) is 2.97. The number of rotatable bonds is 12. The molecule has 0 bridgehead atoms. The zero-order valence-electron chi connectivity index (χ0n) is 22.5. The Morgan fingerprint density at radius 3 is 1.95 bits per heavy atom. The number of nitrogens with zero attached hydrogens (tertiary/aromatic N) is 2. The summed E-state index contributed by atoms with van der Waals surface area (Å²) in [7, 11) is -2.51. The van der Waals surface area contributed by atoms with Gasteiger partial charge in [0.05, 0.1) is 11.4 Å². The third-order valence-electron chi connectivity index (χ3n) is 6.24. The van der Waals surface area contributed by atoms with E-state index in [2.05, 4.69) is 5.32 Å². The topological polar surface area (TPSA) is 86.8 Å². The summed E-state index contributed by atoms with van der Waals surface area (Å²) >= 11 is 0. The normalized spacial score (nSPS) is 12.4. The molecule has 0 aliphatic rings. The maximum Gasteiger partial charge on any atom is 0.243 e. The highest BCUT2D eigenvalue weighted by Gasteiger charge is 2.33. The second-order valence-electron chi connectivity index (χ2n) is 9.93. The molecule has 0 aliphatic heterocycles. The molecule has 2 amide bonds. The lowest BCUT2D eigenvalue weighted by Crippen LogP contribution is -2.53. The molecule has 1 N–H and O–H groups in total. The molecule has 0 aromatic heterocycles. The Bertz CT molecular complexity index is 1290. The lowest BCUT2D eigenvalue weighted by atomic mass is 10.0. The molecule has 0 aliphatic carbocycles. The molecule has 0 unspecified atom stereocenters. The average Bonchev–Trinajstić information content (AvgIpc) is 2.90. The zero-order chi connectivity index (χ0) is 27.7. The molecule has 0 heterocycles. The minimum absolute atomic E-state index is 0.114. The van der Waals surface area contributed by atoms with Crippen LogP contribution in [0.4, 0.5) is 0 Å². The SMILES string of the molecule is Cc1ccc(S(=O)(=O)N(C)CC(=O)N(Cc2ccccc2)[C@H](Cc2ccccc2)C(=O)NCC(C)C)cc1. The number of carbonyl (C=O) groups is 2.